The minimum absolute atomic E-state index is 0.0856. The third-order valence-corrected chi connectivity index (χ3v) is 3.54. The molecule has 0 spiro atoms. The van der Waals surface area contributed by atoms with Gasteiger partial charge in [0.15, 0.2) is 0 Å². The molecule has 0 bridgehead atoms. The number of nitrogens with one attached hydrogen (secondary N) is 1. The second kappa shape index (κ2) is 8.80. The van der Waals surface area contributed by atoms with E-state index in [2.05, 4.69) is 27.9 Å². The molecule has 1 nitrogen and oxygen atoms in total. The van der Waals surface area contributed by atoms with E-state index in [1.54, 1.807) is 18.2 Å². The summed E-state index contributed by atoms with van der Waals surface area (Å²) in [5, 5.41) is 2.85. The Balaban J connectivity index is 2.18. The summed E-state index contributed by atoms with van der Waals surface area (Å²) in [6.07, 6.45) is 4.51. The van der Waals surface area contributed by atoms with Gasteiger partial charge in [0.2, 0.25) is 0 Å². The van der Waals surface area contributed by atoms with Gasteiger partial charge in [0.05, 0.1) is 6.54 Å². The Morgan fingerprint density at radius 3 is 2.33 bits per heavy atom. The zero-order valence-corrected chi connectivity index (χ0v) is 12.6. The maximum atomic E-state index is 13.7. The van der Waals surface area contributed by atoms with Crippen molar-refractivity contribution in [3.63, 3.8) is 0 Å². The van der Waals surface area contributed by atoms with Crippen LogP contribution in [0.5, 0.6) is 0 Å². The number of alkyl halides is 3. The highest BCUT2D eigenvalue weighted by Crippen LogP contribution is 2.26. The zero-order valence-electron chi connectivity index (χ0n) is 10.5. The number of rotatable bonds is 9. The van der Waals surface area contributed by atoms with E-state index in [9.17, 15) is 8.78 Å². The smallest absolute Gasteiger partial charge is 0.285 e. The van der Waals surface area contributed by atoms with Crippen molar-refractivity contribution in [3.8, 4) is 0 Å². The molecule has 18 heavy (non-hydrogen) atoms. The molecule has 0 amide bonds. The van der Waals surface area contributed by atoms with Crippen molar-refractivity contribution in [2.24, 2.45) is 0 Å². The van der Waals surface area contributed by atoms with Gasteiger partial charge >= 0.3 is 0 Å². The first-order valence-corrected chi connectivity index (χ1v) is 7.89. The Morgan fingerprint density at radius 1 is 1.00 bits per heavy atom. The largest absolute Gasteiger partial charge is 0.311 e. The van der Waals surface area contributed by atoms with E-state index in [1.165, 1.54) is 29.4 Å². The average Bonchev–Trinajstić information content (AvgIpc) is 2.39. The molecule has 0 unspecified atom stereocenters. The van der Waals surface area contributed by atoms with Gasteiger partial charge in [0, 0.05) is 5.56 Å². The Labute approximate surface area is 121 Å². The molecule has 0 radical (unpaired) electrons. The molecule has 0 aliphatic carbocycles. The first-order valence-electron chi connectivity index (χ1n) is 6.37. The summed E-state index contributed by atoms with van der Waals surface area (Å²) in [5.74, 6) is -2.77. The van der Waals surface area contributed by atoms with Gasteiger partial charge in [-0.05, 0) is 23.8 Å². The molecular formula is C14H20F2IN. The van der Waals surface area contributed by atoms with Crippen LogP contribution in [0.3, 0.4) is 0 Å². The molecule has 0 fully saturated rings. The van der Waals surface area contributed by atoms with Gasteiger partial charge in [-0.3, -0.25) is 0 Å². The molecule has 1 N–H and O–H groups in total. The van der Waals surface area contributed by atoms with Crippen LogP contribution in [-0.4, -0.2) is 17.5 Å². The van der Waals surface area contributed by atoms with Gasteiger partial charge in [-0.1, -0.05) is 65.8 Å². The first-order chi connectivity index (χ1) is 8.67. The highest BCUT2D eigenvalue weighted by molar-refractivity contribution is 14.1. The van der Waals surface area contributed by atoms with E-state index in [0.29, 0.717) is 6.54 Å². The van der Waals surface area contributed by atoms with Crippen LogP contribution in [0, 0.1) is 0 Å². The molecule has 0 aliphatic heterocycles. The minimum atomic E-state index is -2.77. The van der Waals surface area contributed by atoms with Gasteiger partial charge in [-0.2, -0.15) is 8.78 Å². The van der Waals surface area contributed by atoms with E-state index < -0.39 is 5.92 Å². The van der Waals surface area contributed by atoms with Gasteiger partial charge in [0.1, 0.15) is 0 Å². The van der Waals surface area contributed by atoms with Crippen LogP contribution >= 0.6 is 22.6 Å². The van der Waals surface area contributed by atoms with Crippen LogP contribution < -0.4 is 5.32 Å². The lowest BCUT2D eigenvalue weighted by molar-refractivity contribution is -0.00301. The van der Waals surface area contributed by atoms with Gasteiger partial charge < -0.3 is 5.32 Å². The highest BCUT2D eigenvalue weighted by atomic mass is 127. The summed E-state index contributed by atoms with van der Waals surface area (Å²) >= 11 is 2.36. The van der Waals surface area contributed by atoms with Crippen LogP contribution in [0.15, 0.2) is 30.3 Å². The second-order valence-electron chi connectivity index (χ2n) is 4.35. The lowest BCUT2D eigenvalue weighted by Gasteiger charge is -2.17. The monoisotopic (exact) mass is 367 g/mol. The van der Waals surface area contributed by atoms with E-state index in [4.69, 9.17) is 0 Å². The van der Waals surface area contributed by atoms with Crippen LogP contribution in [-0.2, 0) is 5.92 Å². The fourth-order valence-electron chi connectivity index (χ4n) is 1.73. The Morgan fingerprint density at radius 2 is 1.67 bits per heavy atom. The average molecular weight is 367 g/mol. The molecular weight excluding hydrogens is 347 g/mol. The van der Waals surface area contributed by atoms with E-state index in [0.717, 1.165) is 12.8 Å². The Bertz CT molecular complexity index is 317. The summed E-state index contributed by atoms with van der Waals surface area (Å²) < 4.78 is 28.6. The first kappa shape index (κ1) is 15.8. The standard InChI is InChI=1S/C14H20F2IN/c15-14(16,13-8-4-3-5-9-13)12-18-11-7-2-1-6-10-17/h3-5,8-9,18H,1-2,6-7,10-12H2. The van der Waals surface area contributed by atoms with Crippen LogP contribution in [0.25, 0.3) is 0 Å². The summed E-state index contributed by atoms with van der Waals surface area (Å²) in [7, 11) is 0. The number of hydrogen-bond donors (Lipinski definition) is 1. The van der Waals surface area contributed by atoms with Crippen molar-refractivity contribution in [1.82, 2.24) is 5.32 Å². The summed E-state index contributed by atoms with van der Waals surface area (Å²) in [6, 6.07) is 7.99. The number of benzene rings is 1. The molecule has 1 aromatic rings. The Kier molecular flexibility index (Phi) is 7.74. The molecule has 0 atom stereocenters. The normalized spacial score (nSPS) is 11.7. The fourth-order valence-corrected chi connectivity index (χ4v) is 2.27. The summed E-state index contributed by atoms with van der Waals surface area (Å²) in [6.45, 7) is 0.396. The second-order valence-corrected chi connectivity index (χ2v) is 5.43. The van der Waals surface area contributed by atoms with Gasteiger partial charge in [0.25, 0.3) is 5.92 Å². The molecule has 0 saturated heterocycles. The molecule has 1 aromatic carbocycles. The van der Waals surface area contributed by atoms with Crippen LogP contribution in [0.1, 0.15) is 31.2 Å². The van der Waals surface area contributed by atoms with Crippen molar-refractivity contribution in [2.75, 3.05) is 17.5 Å². The number of halogens is 3. The third kappa shape index (κ3) is 6.09. The van der Waals surface area contributed by atoms with Crippen LogP contribution in [0.4, 0.5) is 8.78 Å². The quantitative estimate of drug-likeness (QED) is 0.389. The summed E-state index contributed by atoms with van der Waals surface area (Å²) in [5.41, 5.74) is 0.0856. The maximum Gasteiger partial charge on any atom is 0.285 e. The van der Waals surface area contributed by atoms with E-state index in [-0.39, 0.29) is 12.1 Å². The van der Waals surface area contributed by atoms with Crippen molar-refractivity contribution >= 4 is 22.6 Å². The maximum absolute atomic E-state index is 13.7. The third-order valence-electron chi connectivity index (χ3n) is 2.78. The topological polar surface area (TPSA) is 12.0 Å². The predicted octanol–water partition coefficient (Wildman–Crippen LogP) is 4.36. The highest BCUT2D eigenvalue weighted by Gasteiger charge is 2.30. The molecule has 4 heteroatoms. The number of unbranched alkanes of at least 4 members (excludes halogenated alkanes) is 3. The molecule has 0 aliphatic rings. The van der Waals surface area contributed by atoms with E-state index in [1.807, 2.05) is 0 Å². The molecule has 0 heterocycles. The fraction of sp³-hybridized carbons (Fsp3) is 0.571. The van der Waals surface area contributed by atoms with Crippen LogP contribution in [0.2, 0.25) is 0 Å². The predicted molar refractivity (Wildman–Crippen MR) is 80.6 cm³/mol. The number of hydrogen-bond acceptors (Lipinski definition) is 1. The lowest BCUT2D eigenvalue weighted by Crippen LogP contribution is -2.31. The molecule has 1 rings (SSSR count). The zero-order chi connectivity index (χ0) is 13.3. The molecule has 0 aromatic heterocycles. The molecule has 102 valence electrons. The van der Waals surface area contributed by atoms with Gasteiger partial charge in [-0.15, -0.1) is 0 Å². The van der Waals surface area contributed by atoms with E-state index >= 15 is 0 Å². The van der Waals surface area contributed by atoms with Crippen molar-refractivity contribution in [1.29, 1.82) is 0 Å². The van der Waals surface area contributed by atoms with Crippen molar-refractivity contribution in [3.05, 3.63) is 35.9 Å². The molecule has 0 saturated carbocycles. The lowest BCUT2D eigenvalue weighted by atomic mass is 10.1. The minimum Gasteiger partial charge on any atom is -0.311 e. The SMILES string of the molecule is FC(F)(CNCCCCCCI)c1ccccc1. The summed E-state index contributed by atoms with van der Waals surface area (Å²) in [4.78, 5) is 0. The van der Waals surface area contributed by atoms with Crippen molar-refractivity contribution < 1.29 is 8.78 Å². The Hall–Kier alpha value is -0.230. The van der Waals surface area contributed by atoms with Crippen molar-refractivity contribution in [2.45, 2.75) is 31.6 Å². The van der Waals surface area contributed by atoms with Gasteiger partial charge in [-0.25, -0.2) is 0 Å².